The second-order valence-corrected chi connectivity index (χ2v) is 7.91. The maximum absolute atomic E-state index is 13.9. The largest absolute Gasteiger partial charge is 0.493 e. The van der Waals surface area contributed by atoms with Gasteiger partial charge in [0.1, 0.15) is 17.7 Å². The van der Waals surface area contributed by atoms with Gasteiger partial charge in [-0.05, 0) is 31.5 Å². The zero-order chi connectivity index (χ0) is 18.8. The predicted octanol–water partition coefficient (Wildman–Crippen LogP) is 2.01. The molecular formula is C16H22FN2O6P. The van der Waals surface area contributed by atoms with E-state index in [9.17, 15) is 19.0 Å². The van der Waals surface area contributed by atoms with Crippen LogP contribution in [0.2, 0.25) is 0 Å². The summed E-state index contributed by atoms with van der Waals surface area (Å²) in [6.45, 7) is 2.27. The number of amidine groups is 1. The first-order valence-corrected chi connectivity index (χ1v) is 10.2. The minimum atomic E-state index is -3.89. The van der Waals surface area contributed by atoms with Crippen LogP contribution in [0.5, 0.6) is 5.75 Å². The lowest BCUT2D eigenvalue weighted by molar-refractivity contribution is -0.128. The Kier molecular flexibility index (Phi) is 5.53. The number of ether oxygens (including phenoxy) is 1. The summed E-state index contributed by atoms with van der Waals surface area (Å²) in [6, 6.07) is 4.14. The second kappa shape index (κ2) is 7.52. The lowest BCUT2D eigenvalue weighted by Crippen LogP contribution is -2.50. The minimum Gasteiger partial charge on any atom is -0.493 e. The van der Waals surface area contributed by atoms with E-state index >= 15 is 0 Å². The van der Waals surface area contributed by atoms with Crippen LogP contribution in [-0.2, 0) is 19.7 Å². The molecule has 2 N–H and O–H groups in total. The third-order valence-corrected chi connectivity index (χ3v) is 5.67. The number of aliphatic hydroxyl groups excluding tert-OH is 1. The van der Waals surface area contributed by atoms with Gasteiger partial charge >= 0.3 is 7.60 Å². The van der Waals surface area contributed by atoms with E-state index < -0.39 is 19.1 Å². The maximum atomic E-state index is 13.9. The maximum Gasteiger partial charge on any atom is 0.335 e. The number of aliphatic hydroxyl groups is 1. The summed E-state index contributed by atoms with van der Waals surface area (Å²) in [6.07, 6.45) is 0.409. The van der Waals surface area contributed by atoms with Crippen molar-refractivity contribution in [2.45, 2.75) is 25.5 Å². The lowest BCUT2D eigenvalue weighted by Gasteiger charge is -2.41. The van der Waals surface area contributed by atoms with E-state index in [0.29, 0.717) is 37.3 Å². The van der Waals surface area contributed by atoms with Crippen molar-refractivity contribution < 1.29 is 33.1 Å². The Hall–Kier alpha value is -1.67. The van der Waals surface area contributed by atoms with Gasteiger partial charge in [0.15, 0.2) is 5.84 Å². The Morgan fingerprint density at radius 2 is 2.31 bits per heavy atom. The second-order valence-electron chi connectivity index (χ2n) is 6.06. The highest BCUT2D eigenvalue weighted by atomic mass is 31.2. The van der Waals surface area contributed by atoms with E-state index in [2.05, 4.69) is 5.16 Å². The first-order chi connectivity index (χ1) is 12.4. The number of nitrogens with zero attached hydrogens (tertiary/aromatic N) is 2. The molecule has 0 aromatic heterocycles. The summed E-state index contributed by atoms with van der Waals surface area (Å²) in [7, 11) is -3.89. The molecule has 0 radical (unpaired) electrons. The number of rotatable bonds is 7. The van der Waals surface area contributed by atoms with Crippen molar-refractivity contribution in [3.05, 3.63) is 29.6 Å². The molecule has 1 aromatic carbocycles. The molecule has 2 unspecified atom stereocenters. The molecule has 0 bridgehead atoms. The van der Waals surface area contributed by atoms with Crippen LogP contribution in [0.3, 0.4) is 0 Å². The Balaban J connectivity index is 1.96. The highest BCUT2D eigenvalue weighted by Gasteiger charge is 2.52. The molecule has 0 saturated carbocycles. The van der Waals surface area contributed by atoms with E-state index in [0.717, 1.165) is 0 Å². The van der Waals surface area contributed by atoms with Gasteiger partial charge in [0.2, 0.25) is 5.72 Å². The SMILES string of the molecule is CCOP(=O)(O)CC1=NOC2(CCOc3ccc(F)cc32)N1CCCO. The number of benzene rings is 1. The topological polar surface area (TPSA) is 101 Å². The smallest absolute Gasteiger partial charge is 0.335 e. The van der Waals surface area contributed by atoms with Gasteiger partial charge in [0.25, 0.3) is 0 Å². The van der Waals surface area contributed by atoms with Crippen molar-refractivity contribution in [1.82, 2.24) is 4.90 Å². The van der Waals surface area contributed by atoms with E-state index in [1.165, 1.54) is 18.2 Å². The monoisotopic (exact) mass is 388 g/mol. The summed E-state index contributed by atoms with van der Waals surface area (Å²) >= 11 is 0. The van der Waals surface area contributed by atoms with Gasteiger partial charge in [-0.3, -0.25) is 4.57 Å². The molecule has 2 aliphatic heterocycles. The number of fused-ring (bicyclic) bond motifs is 2. The molecule has 0 saturated heterocycles. The third kappa shape index (κ3) is 3.57. The molecule has 10 heteroatoms. The van der Waals surface area contributed by atoms with Gasteiger partial charge in [-0.25, -0.2) is 4.39 Å². The van der Waals surface area contributed by atoms with Gasteiger partial charge in [0.05, 0.1) is 18.8 Å². The Labute approximate surface area is 150 Å². The molecule has 144 valence electrons. The fourth-order valence-electron chi connectivity index (χ4n) is 3.26. The van der Waals surface area contributed by atoms with E-state index in [1.54, 1.807) is 11.8 Å². The fraction of sp³-hybridized carbons (Fsp3) is 0.562. The van der Waals surface area contributed by atoms with Crippen molar-refractivity contribution >= 4 is 13.4 Å². The van der Waals surface area contributed by atoms with Crippen LogP contribution in [0.1, 0.15) is 25.3 Å². The average molecular weight is 388 g/mol. The average Bonchev–Trinajstić information content (AvgIpc) is 2.91. The standard InChI is InChI=1S/C16H22FN2O6P/c1-2-24-26(21,22)11-15-18-25-16(19(15)7-3-8-20)6-9-23-14-5-4-12(17)10-13(14)16/h4-5,10,20H,2-3,6-9,11H2,1H3,(H,21,22). The molecule has 0 amide bonds. The van der Waals surface area contributed by atoms with Gasteiger partial charge in [-0.2, -0.15) is 0 Å². The molecule has 8 nitrogen and oxygen atoms in total. The van der Waals surface area contributed by atoms with Crippen molar-refractivity contribution in [2.75, 3.05) is 32.5 Å². The van der Waals surface area contributed by atoms with Crippen molar-refractivity contribution in [3.63, 3.8) is 0 Å². The van der Waals surface area contributed by atoms with Crippen molar-refractivity contribution in [1.29, 1.82) is 0 Å². The van der Waals surface area contributed by atoms with Crippen molar-refractivity contribution in [2.24, 2.45) is 5.16 Å². The zero-order valence-corrected chi connectivity index (χ0v) is 15.3. The molecule has 3 rings (SSSR count). The number of oxime groups is 1. The summed E-state index contributed by atoms with van der Waals surface area (Å²) in [5.74, 6) is 0.255. The Bertz CT molecular complexity index is 745. The first kappa shape index (κ1) is 19.1. The van der Waals surface area contributed by atoms with Crippen LogP contribution in [0.4, 0.5) is 4.39 Å². The van der Waals surface area contributed by atoms with Gasteiger partial charge in [0, 0.05) is 19.6 Å². The fourth-order valence-corrected chi connectivity index (χ4v) is 4.34. The predicted molar refractivity (Wildman–Crippen MR) is 91.4 cm³/mol. The van der Waals surface area contributed by atoms with E-state index in [1.807, 2.05) is 0 Å². The highest BCUT2D eigenvalue weighted by Crippen LogP contribution is 2.49. The summed E-state index contributed by atoms with van der Waals surface area (Å²) in [5, 5.41) is 13.2. The molecule has 2 aliphatic rings. The van der Waals surface area contributed by atoms with Crippen LogP contribution >= 0.6 is 7.60 Å². The molecule has 2 heterocycles. The molecule has 26 heavy (non-hydrogen) atoms. The molecule has 0 aliphatic carbocycles. The quantitative estimate of drug-likeness (QED) is 0.689. The molecule has 1 spiro atoms. The minimum absolute atomic E-state index is 0.0748. The first-order valence-electron chi connectivity index (χ1n) is 8.44. The zero-order valence-electron chi connectivity index (χ0n) is 14.4. The molecule has 0 fully saturated rings. The Morgan fingerprint density at radius 3 is 3.04 bits per heavy atom. The summed E-state index contributed by atoms with van der Waals surface area (Å²) in [5.41, 5.74) is -0.670. The third-order valence-electron chi connectivity index (χ3n) is 4.32. The normalized spacial score (nSPS) is 23.8. The number of hydrogen-bond acceptors (Lipinski definition) is 7. The summed E-state index contributed by atoms with van der Waals surface area (Å²) < 4.78 is 36.6. The van der Waals surface area contributed by atoms with Gasteiger partial charge in [-0.15, -0.1) is 0 Å². The van der Waals surface area contributed by atoms with Gasteiger partial charge < -0.3 is 29.0 Å². The van der Waals surface area contributed by atoms with E-state index in [-0.39, 0.29) is 25.2 Å². The van der Waals surface area contributed by atoms with Crippen molar-refractivity contribution in [3.8, 4) is 5.75 Å². The van der Waals surface area contributed by atoms with Crippen LogP contribution < -0.4 is 4.74 Å². The highest BCUT2D eigenvalue weighted by molar-refractivity contribution is 7.53. The number of halogens is 1. The summed E-state index contributed by atoms with van der Waals surface area (Å²) in [4.78, 5) is 17.4. The van der Waals surface area contributed by atoms with E-state index in [4.69, 9.17) is 14.1 Å². The number of hydrogen-bond donors (Lipinski definition) is 2. The Morgan fingerprint density at radius 1 is 1.50 bits per heavy atom. The molecular weight excluding hydrogens is 366 g/mol. The van der Waals surface area contributed by atoms with Crippen LogP contribution in [0.15, 0.2) is 23.4 Å². The van der Waals surface area contributed by atoms with Crippen LogP contribution in [0, 0.1) is 5.82 Å². The molecule has 1 aromatic rings. The lowest BCUT2D eigenvalue weighted by atomic mass is 9.94. The van der Waals surface area contributed by atoms with Crippen LogP contribution in [-0.4, -0.2) is 53.3 Å². The van der Waals surface area contributed by atoms with Crippen LogP contribution in [0.25, 0.3) is 0 Å². The molecule has 2 atom stereocenters. The van der Waals surface area contributed by atoms with Gasteiger partial charge in [-0.1, -0.05) is 5.16 Å².